The molecule has 0 bridgehead atoms. The van der Waals surface area contributed by atoms with E-state index in [0.29, 0.717) is 19.8 Å². The van der Waals surface area contributed by atoms with Crippen LogP contribution in [0, 0.1) is 0 Å². The third-order valence-corrected chi connectivity index (χ3v) is 2.93. The number of nitrogens with zero attached hydrogens (tertiary/aromatic N) is 2. The van der Waals surface area contributed by atoms with Crippen LogP contribution in [0.25, 0.3) is 0 Å². The Morgan fingerprint density at radius 3 is 3.27 bits per heavy atom. The number of hydrogen-bond donors (Lipinski definition) is 1. The Morgan fingerprint density at radius 1 is 1.73 bits per heavy atom. The number of likely N-dealkylation sites (N-methyl/N-ethyl adjacent to an activating group) is 1. The van der Waals surface area contributed by atoms with Crippen LogP contribution in [0.3, 0.4) is 0 Å². The minimum atomic E-state index is -0.269. The fourth-order valence-corrected chi connectivity index (χ4v) is 2.04. The van der Waals surface area contributed by atoms with Gasteiger partial charge in [-0.25, -0.2) is 4.98 Å². The molecular weight excluding hydrogens is 214 g/mol. The predicted octanol–water partition coefficient (Wildman–Crippen LogP) is 0.0943. The number of thiazole rings is 1. The number of amides is 1. The first kappa shape index (κ1) is 10.5. The average molecular weight is 227 g/mol. The van der Waals surface area contributed by atoms with E-state index in [1.165, 1.54) is 11.3 Å². The molecule has 1 unspecified atom stereocenters. The molecule has 2 rings (SSSR count). The van der Waals surface area contributed by atoms with Crippen molar-refractivity contribution in [3.05, 3.63) is 10.9 Å². The standard InChI is InChI=1S/C9H13N3O2S/c1-10-7-4-14-3-2-12(9(7)13)8-5-15-6-11-8/h5-7,10H,2-4H2,1H3. The third kappa shape index (κ3) is 2.17. The van der Waals surface area contributed by atoms with Crippen LogP contribution in [0.2, 0.25) is 0 Å². The van der Waals surface area contributed by atoms with Crippen molar-refractivity contribution in [2.45, 2.75) is 6.04 Å². The largest absolute Gasteiger partial charge is 0.377 e. The Balaban J connectivity index is 2.19. The van der Waals surface area contributed by atoms with Crippen LogP contribution >= 0.6 is 11.3 Å². The summed E-state index contributed by atoms with van der Waals surface area (Å²) in [5, 5.41) is 4.82. The minimum Gasteiger partial charge on any atom is -0.377 e. The van der Waals surface area contributed by atoms with Gasteiger partial charge >= 0.3 is 0 Å². The number of ether oxygens (including phenoxy) is 1. The zero-order valence-corrected chi connectivity index (χ0v) is 9.29. The second-order valence-corrected chi connectivity index (χ2v) is 3.97. The maximum atomic E-state index is 12.0. The molecule has 0 spiro atoms. The van der Waals surface area contributed by atoms with Gasteiger partial charge in [-0.2, -0.15) is 0 Å². The molecule has 1 saturated heterocycles. The monoisotopic (exact) mass is 227 g/mol. The molecule has 0 aliphatic carbocycles. The SMILES string of the molecule is CNC1COCCN(c2cscn2)C1=O. The molecule has 2 heterocycles. The van der Waals surface area contributed by atoms with Gasteiger partial charge in [0, 0.05) is 5.38 Å². The smallest absolute Gasteiger partial charge is 0.247 e. The van der Waals surface area contributed by atoms with Crippen LogP contribution in [0.1, 0.15) is 0 Å². The molecule has 5 nitrogen and oxygen atoms in total. The second-order valence-electron chi connectivity index (χ2n) is 3.25. The van der Waals surface area contributed by atoms with E-state index in [4.69, 9.17) is 4.74 Å². The van der Waals surface area contributed by atoms with E-state index in [-0.39, 0.29) is 11.9 Å². The predicted molar refractivity (Wildman–Crippen MR) is 58.1 cm³/mol. The number of carbonyl (C=O) groups excluding carboxylic acids is 1. The molecule has 1 amide bonds. The summed E-state index contributed by atoms with van der Waals surface area (Å²) < 4.78 is 5.35. The Hall–Kier alpha value is -0.980. The van der Waals surface area contributed by atoms with Gasteiger partial charge in [0.25, 0.3) is 0 Å². The molecule has 0 aromatic carbocycles. The van der Waals surface area contributed by atoms with E-state index in [1.54, 1.807) is 17.5 Å². The van der Waals surface area contributed by atoms with Gasteiger partial charge in [0.2, 0.25) is 5.91 Å². The van der Waals surface area contributed by atoms with Crippen LogP contribution in [0.5, 0.6) is 0 Å². The van der Waals surface area contributed by atoms with Gasteiger partial charge in [0.15, 0.2) is 0 Å². The highest BCUT2D eigenvalue weighted by Crippen LogP contribution is 2.16. The van der Waals surface area contributed by atoms with Crippen LogP contribution < -0.4 is 10.2 Å². The van der Waals surface area contributed by atoms with Crippen molar-refractivity contribution in [2.75, 3.05) is 31.7 Å². The lowest BCUT2D eigenvalue weighted by molar-refractivity contribution is -0.120. The fourth-order valence-electron chi connectivity index (χ4n) is 1.50. The van der Waals surface area contributed by atoms with E-state index >= 15 is 0 Å². The van der Waals surface area contributed by atoms with Crippen molar-refractivity contribution in [3.63, 3.8) is 0 Å². The highest BCUT2D eigenvalue weighted by atomic mass is 32.1. The second kappa shape index (κ2) is 4.69. The number of carbonyl (C=O) groups is 1. The maximum absolute atomic E-state index is 12.0. The number of hydrogen-bond acceptors (Lipinski definition) is 5. The van der Waals surface area contributed by atoms with Crippen molar-refractivity contribution >= 4 is 23.1 Å². The molecular formula is C9H13N3O2S. The summed E-state index contributed by atoms with van der Waals surface area (Å²) in [4.78, 5) is 17.8. The first-order chi connectivity index (χ1) is 7.33. The molecule has 0 saturated carbocycles. The molecule has 0 radical (unpaired) electrons. The van der Waals surface area contributed by atoms with E-state index in [2.05, 4.69) is 10.3 Å². The van der Waals surface area contributed by atoms with Gasteiger partial charge in [0.05, 0.1) is 25.3 Å². The Morgan fingerprint density at radius 2 is 2.60 bits per heavy atom. The summed E-state index contributed by atoms with van der Waals surface area (Å²) >= 11 is 1.48. The maximum Gasteiger partial charge on any atom is 0.247 e. The summed E-state index contributed by atoms with van der Waals surface area (Å²) in [6.07, 6.45) is 0. The molecule has 1 atom stereocenters. The van der Waals surface area contributed by atoms with Crippen molar-refractivity contribution in [2.24, 2.45) is 0 Å². The highest BCUT2D eigenvalue weighted by Gasteiger charge is 2.27. The van der Waals surface area contributed by atoms with Gasteiger partial charge in [-0.15, -0.1) is 11.3 Å². The summed E-state index contributed by atoms with van der Waals surface area (Å²) in [5.74, 6) is 0.747. The molecule has 1 aromatic rings. The quantitative estimate of drug-likeness (QED) is 0.778. The average Bonchev–Trinajstić information content (AvgIpc) is 2.70. The first-order valence-electron chi connectivity index (χ1n) is 4.77. The van der Waals surface area contributed by atoms with Gasteiger partial charge in [-0.1, -0.05) is 0 Å². The fraction of sp³-hybridized carbons (Fsp3) is 0.556. The summed E-state index contributed by atoms with van der Waals surface area (Å²) in [5.41, 5.74) is 1.72. The Kier molecular flexibility index (Phi) is 3.30. The third-order valence-electron chi connectivity index (χ3n) is 2.35. The lowest BCUT2D eigenvalue weighted by atomic mass is 10.3. The van der Waals surface area contributed by atoms with Crippen LogP contribution in [0.15, 0.2) is 10.9 Å². The number of rotatable bonds is 2. The molecule has 6 heteroatoms. The topological polar surface area (TPSA) is 54.5 Å². The molecule has 1 aromatic heterocycles. The van der Waals surface area contributed by atoms with Gasteiger partial charge in [-0.05, 0) is 7.05 Å². The summed E-state index contributed by atoms with van der Waals surface area (Å²) in [6.45, 7) is 1.55. The van der Waals surface area contributed by atoms with E-state index < -0.39 is 0 Å². The van der Waals surface area contributed by atoms with E-state index in [0.717, 1.165) is 5.82 Å². The molecule has 82 valence electrons. The zero-order chi connectivity index (χ0) is 10.7. The van der Waals surface area contributed by atoms with Crippen molar-refractivity contribution in [1.82, 2.24) is 10.3 Å². The molecule has 15 heavy (non-hydrogen) atoms. The van der Waals surface area contributed by atoms with Crippen molar-refractivity contribution in [3.8, 4) is 0 Å². The molecule has 1 fully saturated rings. The molecule has 1 N–H and O–H groups in total. The first-order valence-corrected chi connectivity index (χ1v) is 5.72. The number of aromatic nitrogens is 1. The zero-order valence-electron chi connectivity index (χ0n) is 8.47. The highest BCUT2D eigenvalue weighted by molar-refractivity contribution is 7.07. The van der Waals surface area contributed by atoms with Gasteiger partial charge < -0.3 is 10.1 Å². The number of anilines is 1. The van der Waals surface area contributed by atoms with Crippen LogP contribution in [-0.4, -0.2) is 43.7 Å². The Labute approximate surface area is 92.1 Å². The van der Waals surface area contributed by atoms with Crippen LogP contribution in [0.4, 0.5) is 5.82 Å². The lowest BCUT2D eigenvalue weighted by Crippen LogP contribution is -2.46. The van der Waals surface area contributed by atoms with Gasteiger partial charge in [0.1, 0.15) is 11.9 Å². The Bertz CT molecular complexity index is 328. The summed E-state index contributed by atoms with van der Waals surface area (Å²) in [7, 11) is 1.76. The van der Waals surface area contributed by atoms with Gasteiger partial charge in [-0.3, -0.25) is 9.69 Å². The minimum absolute atomic E-state index is 0.0286. The molecule has 1 aliphatic heterocycles. The normalized spacial score (nSPS) is 22.9. The lowest BCUT2D eigenvalue weighted by Gasteiger charge is -2.20. The summed E-state index contributed by atoms with van der Waals surface area (Å²) in [6, 6.07) is -0.269. The van der Waals surface area contributed by atoms with E-state index in [1.807, 2.05) is 5.38 Å². The van der Waals surface area contributed by atoms with E-state index in [9.17, 15) is 4.79 Å². The van der Waals surface area contributed by atoms with Crippen molar-refractivity contribution < 1.29 is 9.53 Å². The molecule has 1 aliphatic rings. The van der Waals surface area contributed by atoms with Crippen LogP contribution in [-0.2, 0) is 9.53 Å². The van der Waals surface area contributed by atoms with Crippen molar-refractivity contribution in [1.29, 1.82) is 0 Å². The number of nitrogens with one attached hydrogen (secondary N) is 1.